The first kappa shape index (κ1) is 22.3. The second-order valence-corrected chi connectivity index (χ2v) is 9.20. The molecule has 0 saturated carbocycles. The first-order valence-corrected chi connectivity index (χ1v) is 11.9. The zero-order chi connectivity index (χ0) is 24.0. The lowest BCUT2D eigenvalue weighted by Gasteiger charge is -2.32. The Hall–Kier alpha value is -3.18. The number of aromatic amines is 1. The van der Waals surface area contributed by atoms with Crippen LogP contribution in [-0.2, 0) is 4.74 Å². The van der Waals surface area contributed by atoms with Gasteiger partial charge in [-0.3, -0.25) is 4.90 Å². The molecule has 2 aliphatic rings. The number of aromatic nitrogens is 5. The molecule has 5 heterocycles. The van der Waals surface area contributed by atoms with Crippen LogP contribution in [0.5, 0.6) is 0 Å². The SMILES string of the molecule is FC(F)(F)CN1CCC(n2ncc3c(N4CCOCC4)nc(-c4ccc5[nH]ccc5c4)nc32)CC1. The van der Waals surface area contributed by atoms with Crippen LogP contribution in [0.4, 0.5) is 19.0 Å². The third kappa shape index (κ3) is 4.45. The second-order valence-electron chi connectivity index (χ2n) is 9.20. The van der Waals surface area contributed by atoms with Gasteiger partial charge in [-0.25, -0.2) is 14.6 Å². The van der Waals surface area contributed by atoms with Gasteiger partial charge in [0.25, 0.3) is 0 Å². The highest BCUT2D eigenvalue weighted by molar-refractivity contribution is 5.90. The molecule has 0 spiro atoms. The molecule has 11 heteroatoms. The van der Waals surface area contributed by atoms with Gasteiger partial charge in [0.1, 0.15) is 5.82 Å². The summed E-state index contributed by atoms with van der Waals surface area (Å²) in [7, 11) is 0. The molecule has 0 atom stereocenters. The quantitative estimate of drug-likeness (QED) is 0.471. The number of fused-ring (bicyclic) bond motifs is 2. The van der Waals surface area contributed by atoms with E-state index in [1.54, 1.807) is 6.20 Å². The number of H-pyrrole nitrogens is 1. The summed E-state index contributed by atoms with van der Waals surface area (Å²) in [5.74, 6) is 1.43. The largest absolute Gasteiger partial charge is 0.401 e. The third-order valence-electron chi connectivity index (χ3n) is 6.86. The molecular formula is C24H26F3N7O. The number of alkyl halides is 3. The fourth-order valence-corrected chi connectivity index (χ4v) is 5.09. The molecule has 0 amide bonds. The molecule has 2 fully saturated rings. The van der Waals surface area contributed by atoms with Crippen molar-refractivity contribution in [2.45, 2.75) is 25.1 Å². The highest BCUT2D eigenvalue weighted by Gasteiger charge is 2.33. The van der Waals surface area contributed by atoms with Crippen LogP contribution < -0.4 is 4.90 Å². The highest BCUT2D eigenvalue weighted by Crippen LogP contribution is 2.33. The summed E-state index contributed by atoms with van der Waals surface area (Å²) in [6, 6.07) is 8.08. The lowest BCUT2D eigenvalue weighted by Crippen LogP contribution is -2.40. The summed E-state index contributed by atoms with van der Waals surface area (Å²) in [4.78, 5) is 16.8. The first-order chi connectivity index (χ1) is 16.9. The summed E-state index contributed by atoms with van der Waals surface area (Å²) in [6.07, 6.45) is 0.697. The fraction of sp³-hybridized carbons (Fsp3) is 0.458. The average molecular weight is 486 g/mol. The van der Waals surface area contributed by atoms with Crippen LogP contribution >= 0.6 is 0 Å². The number of piperidine rings is 1. The number of likely N-dealkylation sites (tertiary alicyclic amines) is 1. The second kappa shape index (κ2) is 8.80. The summed E-state index contributed by atoms with van der Waals surface area (Å²) in [5.41, 5.74) is 2.67. The Labute approximate surface area is 199 Å². The van der Waals surface area contributed by atoms with Crippen LogP contribution in [0, 0.1) is 0 Å². The molecule has 0 bridgehead atoms. The van der Waals surface area contributed by atoms with E-state index in [1.165, 1.54) is 4.90 Å². The monoisotopic (exact) mass is 485 g/mol. The van der Waals surface area contributed by atoms with Crippen molar-refractivity contribution in [3.8, 4) is 11.4 Å². The molecular weight excluding hydrogens is 459 g/mol. The molecule has 2 saturated heterocycles. The van der Waals surface area contributed by atoms with Gasteiger partial charge in [0.15, 0.2) is 11.5 Å². The van der Waals surface area contributed by atoms with E-state index in [9.17, 15) is 13.2 Å². The average Bonchev–Trinajstić information content (AvgIpc) is 3.50. The predicted molar refractivity (Wildman–Crippen MR) is 126 cm³/mol. The van der Waals surface area contributed by atoms with Crippen LogP contribution in [0.15, 0.2) is 36.7 Å². The van der Waals surface area contributed by atoms with Crippen molar-refractivity contribution in [3.05, 3.63) is 36.7 Å². The van der Waals surface area contributed by atoms with Crippen molar-refractivity contribution in [3.63, 3.8) is 0 Å². The van der Waals surface area contributed by atoms with E-state index in [4.69, 9.17) is 14.7 Å². The Morgan fingerprint density at radius 2 is 1.83 bits per heavy atom. The molecule has 1 N–H and O–H groups in total. The maximum absolute atomic E-state index is 12.8. The fourth-order valence-electron chi connectivity index (χ4n) is 5.09. The number of hydrogen-bond donors (Lipinski definition) is 1. The molecule has 184 valence electrons. The Kier molecular flexibility index (Phi) is 5.60. The van der Waals surface area contributed by atoms with Crippen molar-refractivity contribution in [2.75, 3.05) is 50.8 Å². The van der Waals surface area contributed by atoms with Gasteiger partial charge < -0.3 is 14.6 Å². The number of benzene rings is 1. The van der Waals surface area contributed by atoms with E-state index in [-0.39, 0.29) is 6.04 Å². The molecule has 2 aliphatic heterocycles. The number of morpholine rings is 1. The lowest BCUT2D eigenvalue weighted by molar-refractivity contribution is -0.148. The van der Waals surface area contributed by atoms with Crippen molar-refractivity contribution in [1.82, 2.24) is 29.6 Å². The number of ether oxygens (including phenoxy) is 1. The zero-order valence-electron chi connectivity index (χ0n) is 19.1. The smallest absolute Gasteiger partial charge is 0.378 e. The van der Waals surface area contributed by atoms with Crippen molar-refractivity contribution >= 4 is 27.8 Å². The standard InChI is InChI=1S/C24H26F3N7O/c25-24(26,27)15-32-7-4-18(5-8-32)34-23-19(14-29-34)22(33-9-11-35-12-10-33)30-21(31-23)17-1-2-20-16(13-17)3-6-28-20/h1-3,6,13-14,18,28H,4-5,7-12,15H2. The molecule has 8 nitrogen and oxygen atoms in total. The van der Waals surface area contributed by atoms with Crippen molar-refractivity contribution in [2.24, 2.45) is 0 Å². The van der Waals surface area contributed by atoms with Gasteiger partial charge in [0.2, 0.25) is 0 Å². The Balaban J connectivity index is 1.38. The van der Waals surface area contributed by atoms with Gasteiger partial charge in [-0.05, 0) is 37.1 Å². The van der Waals surface area contributed by atoms with Crippen LogP contribution in [0.25, 0.3) is 33.3 Å². The summed E-state index contributed by atoms with van der Waals surface area (Å²) in [5, 5.41) is 6.59. The molecule has 6 rings (SSSR count). The van der Waals surface area contributed by atoms with Crippen LogP contribution in [0.1, 0.15) is 18.9 Å². The summed E-state index contributed by atoms with van der Waals surface area (Å²) < 4.78 is 45.9. The first-order valence-electron chi connectivity index (χ1n) is 11.9. The summed E-state index contributed by atoms with van der Waals surface area (Å²) in [6.45, 7) is 2.60. The van der Waals surface area contributed by atoms with Gasteiger partial charge in [0, 0.05) is 48.8 Å². The molecule has 35 heavy (non-hydrogen) atoms. The van der Waals surface area contributed by atoms with Gasteiger partial charge in [-0.2, -0.15) is 18.3 Å². The van der Waals surface area contributed by atoms with Crippen molar-refractivity contribution in [1.29, 1.82) is 0 Å². The van der Waals surface area contributed by atoms with Gasteiger partial charge in [-0.1, -0.05) is 0 Å². The summed E-state index contributed by atoms with van der Waals surface area (Å²) >= 11 is 0. The number of halogens is 3. The number of anilines is 1. The molecule has 0 unspecified atom stereocenters. The molecule has 0 radical (unpaired) electrons. The zero-order valence-corrected chi connectivity index (χ0v) is 19.1. The molecule has 4 aromatic rings. The van der Waals surface area contributed by atoms with Gasteiger partial charge >= 0.3 is 6.18 Å². The number of nitrogens with one attached hydrogen (secondary N) is 1. The predicted octanol–water partition coefficient (Wildman–Crippen LogP) is 4.01. The van der Waals surface area contributed by atoms with Gasteiger partial charge in [0.05, 0.1) is 37.4 Å². The van der Waals surface area contributed by atoms with E-state index in [0.29, 0.717) is 45.0 Å². The van der Waals surface area contributed by atoms with E-state index in [2.05, 4.69) is 21.0 Å². The Bertz CT molecular complexity index is 1330. The van der Waals surface area contributed by atoms with E-state index in [1.807, 2.05) is 29.1 Å². The minimum atomic E-state index is -4.18. The van der Waals surface area contributed by atoms with Crippen molar-refractivity contribution < 1.29 is 17.9 Å². The number of hydrogen-bond acceptors (Lipinski definition) is 6. The third-order valence-corrected chi connectivity index (χ3v) is 6.86. The normalized spacial score (nSPS) is 18.7. The Morgan fingerprint density at radius 3 is 2.60 bits per heavy atom. The highest BCUT2D eigenvalue weighted by atomic mass is 19.4. The maximum atomic E-state index is 12.8. The molecule has 1 aromatic carbocycles. The number of rotatable bonds is 4. The van der Waals surface area contributed by atoms with E-state index < -0.39 is 12.7 Å². The lowest BCUT2D eigenvalue weighted by atomic mass is 10.1. The van der Waals surface area contributed by atoms with Crippen LogP contribution in [-0.4, -0.2) is 81.7 Å². The minimum absolute atomic E-state index is 0.00979. The van der Waals surface area contributed by atoms with Crippen LogP contribution in [0.3, 0.4) is 0 Å². The van der Waals surface area contributed by atoms with Crippen LogP contribution in [0.2, 0.25) is 0 Å². The van der Waals surface area contributed by atoms with Gasteiger partial charge in [-0.15, -0.1) is 0 Å². The number of nitrogens with zero attached hydrogens (tertiary/aromatic N) is 6. The maximum Gasteiger partial charge on any atom is 0.401 e. The van der Waals surface area contributed by atoms with E-state index >= 15 is 0 Å². The minimum Gasteiger partial charge on any atom is -0.378 e. The Morgan fingerprint density at radius 1 is 1.03 bits per heavy atom. The molecule has 3 aromatic heterocycles. The van der Waals surface area contributed by atoms with E-state index in [0.717, 1.165) is 46.4 Å². The molecule has 0 aliphatic carbocycles. The topological polar surface area (TPSA) is 75.1 Å².